The van der Waals surface area contributed by atoms with E-state index in [-0.39, 0.29) is 17.8 Å². The minimum Gasteiger partial charge on any atom is -0.451 e. The molecule has 0 aliphatic carbocycles. The third-order valence-corrected chi connectivity index (χ3v) is 4.98. The Balaban J connectivity index is 2.63. The lowest BCUT2D eigenvalue weighted by molar-refractivity contribution is -0.163. The van der Waals surface area contributed by atoms with Gasteiger partial charge >= 0.3 is 5.97 Å². The van der Waals surface area contributed by atoms with Crippen molar-refractivity contribution < 1.29 is 14.3 Å². The van der Waals surface area contributed by atoms with E-state index in [0.29, 0.717) is 17.0 Å². The fourth-order valence-electron chi connectivity index (χ4n) is 3.16. The molecule has 1 heterocycles. The topological polar surface area (TPSA) is 77.1 Å². The van der Waals surface area contributed by atoms with Crippen LogP contribution >= 0.6 is 0 Å². The molecule has 1 unspecified atom stereocenters. The summed E-state index contributed by atoms with van der Waals surface area (Å²) >= 11 is 0. The molecular weight excluding hydrogens is 378 g/mol. The Bertz CT molecular complexity index is 986. The molecule has 0 amide bonds. The molecule has 1 aromatic heterocycles. The highest BCUT2D eigenvalue weighted by Crippen LogP contribution is 2.32. The van der Waals surface area contributed by atoms with Gasteiger partial charge in [0, 0.05) is 26.0 Å². The van der Waals surface area contributed by atoms with Crippen molar-refractivity contribution in [3.8, 4) is 6.07 Å². The van der Waals surface area contributed by atoms with E-state index in [0.717, 1.165) is 16.8 Å². The molecule has 6 nitrogen and oxygen atoms in total. The number of aromatic nitrogens is 2. The van der Waals surface area contributed by atoms with Crippen molar-refractivity contribution in [2.75, 3.05) is 0 Å². The van der Waals surface area contributed by atoms with Crippen LogP contribution in [-0.2, 0) is 26.7 Å². The zero-order valence-corrected chi connectivity index (χ0v) is 19.2. The van der Waals surface area contributed by atoms with Gasteiger partial charge in [-0.25, -0.2) is 0 Å². The van der Waals surface area contributed by atoms with Crippen molar-refractivity contribution in [3.63, 3.8) is 0 Å². The van der Waals surface area contributed by atoms with E-state index in [9.17, 15) is 10.1 Å². The van der Waals surface area contributed by atoms with Crippen LogP contribution in [0.5, 0.6) is 0 Å². The third kappa shape index (κ3) is 5.10. The molecule has 0 aliphatic heterocycles. The molecule has 1 atom stereocenters. The molecule has 2 rings (SSSR count). The Kier molecular flexibility index (Phi) is 7.09. The maximum atomic E-state index is 11.7. The van der Waals surface area contributed by atoms with Crippen molar-refractivity contribution in [1.82, 2.24) is 9.78 Å². The summed E-state index contributed by atoms with van der Waals surface area (Å²) in [5, 5.41) is 14.5. The summed E-state index contributed by atoms with van der Waals surface area (Å²) in [5.41, 5.74) is 4.70. The largest absolute Gasteiger partial charge is 0.451 e. The van der Waals surface area contributed by atoms with Gasteiger partial charge in [-0.05, 0) is 30.4 Å². The number of nitrogens with zero attached hydrogens (tertiary/aromatic N) is 3. The number of esters is 1. The van der Waals surface area contributed by atoms with Crippen LogP contribution in [0.1, 0.15) is 69.1 Å². The van der Waals surface area contributed by atoms with E-state index >= 15 is 0 Å². The molecule has 0 bridgehead atoms. The van der Waals surface area contributed by atoms with E-state index in [1.165, 1.54) is 5.56 Å². The minimum absolute atomic E-state index is 0.00693. The number of nitriles is 1. The second-order valence-electron chi connectivity index (χ2n) is 8.35. The fraction of sp³-hybridized carbons (Fsp3) is 0.458. The molecule has 0 aliphatic rings. The summed E-state index contributed by atoms with van der Waals surface area (Å²) in [6, 6.07) is 10.2. The quantitative estimate of drug-likeness (QED) is 0.289. The van der Waals surface area contributed by atoms with Gasteiger partial charge in [0.2, 0.25) is 6.29 Å². The summed E-state index contributed by atoms with van der Waals surface area (Å²) in [7, 11) is 1.80. The first-order valence-corrected chi connectivity index (χ1v) is 10.1. The smallest absolute Gasteiger partial charge is 0.308 e. The van der Waals surface area contributed by atoms with Gasteiger partial charge in [0.25, 0.3) is 0 Å². The zero-order valence-electron chi connectivity index (χ0n) is 19.2. The number of ether oxygens (including phenoxy) is 2. The molecule has 30 heavy (non-hydrogen) atoms. The van der Waals surface area contributed by atoms with Crippen LogP contribution in [0.2, 0.25) is 0 Å². The van der Waals surface area contributed by atoms with Crippen LogP contribution in [0, 0.1) is 25.2 Å². The first-order chi connectivity index (χ1) is 14.0. The van der Waals surface area contributed by atoms with Crippen LogP contribution in [-0.4, -0.2) is 22.0 Å². The number of carbonyl (C=O) groups excluding carboxylic acids is 1. The van der Waals surface area contributed by atoms with Crippen molar-refractivity contribution in [2.24, 2.45) is 7.05 Å². The van der Waals surface area contributed by atoms with Gasteiger partial charge in [-0.15, -0.1) is 0 Å². The number of hydrogen-bond acceptors (Lipinski definition) is 5. The Labute approximate surface area is 179 Å². The number of carbonyl (C=O) groups is 1. The van der Waals surface area contributed by atoms with Gasteiger partial charge in [-0.2, -0.15) is 10.4 Å². The standard InChI is InChI=1S/C24H31N3O3/c1-9-21(28)29-17(4)30-23(22-15(2)16(3)26-27(22)8)20(14-25)18-10-12-19(13-11-18)24(5,6)7/h10-13,17H,9H2,1-8H3/b23-20-. The summed E-state index contributed by atoms with van der Waals surface area (Å²) in [5.74, 6) is -0.0224. The summed E-state index contributed by atoms with van der Waals surface area (Å²) < 4.78 is 13.0. The summed E-state index contributed by atoms with van der Waals surface area (Å²) in [6.45, 7) is 13.6. The molecule has 0 saturated heterocycles. The molecule has 160 valence electrons. The first-order valence-electron chi connectivity index (χ1n) is 10.1. The second-order valence-corrected chi connectivity index (χ2v) is 8.35. The molecule has 2 aromatic rings. The van der Waals surface area contributed by atoms with Gasteiger partial charge in [0.15, 0.2) is 5.76 Å². The Morgan fingerprint density at radius 2 is 1.80 bits per heavy atom. The number of allylic oxidation sites excluding steroid dienone is 1. The Hall–Kier alpha value is -3.07. The number of hydrogen-bond donors (Lipinski definition) is 0. The lowest BCUT2D eigenvalue weighted by atomic mass is 9.86. The molecule has 0 saturated carbocycles. The van der Waals surface area contributed by atoms with Crippen LogP contribution < -0.4 is 0 Å². The first kappa shape index (κ1) is 23.2. The van der Waals surface area contributed by atoms with Crippen molar-refractivity contribution in [1.29, 1.82) is 5.26 Å². The predicted molar refractivity (Wildman–Crippen MR) is 117 cm³/mol. The Morgan fingerprint density at radius 1 is 1.20 bits per heavy atom. The molecule has 6 heteroatoms. The van der Waals surface area contributed by atoms with Crippen LogP contribution in [0.25, 0.3) is 11.3 Å². The maximum absolute atomic E-state index is 11.7. The molecule has 0 N–H and O–H groups in total. The highest BCUT2D eigenvalue weighted by Gasteiger charge is 2.24. The van der Waals surface area contributed by atoms with Crippen molar-refractivity contribution >= 4 is 17.3 Å². The average Bonchev–Trinajstić information content (AvgIpc) is 2.92. The van der Waals surface area contributed by atoms with E-state index in [2.05, 4.69) is 31.9 Å². The maximum Gasteiger partial charge on any atom is 0.308 e. The van der Waals surface area contributed by atoms with E-state index < -0.39 is 6.29 Å². The van der Waals surface area contributed by atoms with Gasteiger partial charge in [0.1, 0.15) is 17.3 Å². The molecule has 0 radical (unpaired) electrons. The van der Waals surface area contributed by atoms with Gasteiger partial charge in [-0.3, -0.25) is 9.48 Å². The lowest BCUT2D eigenvalue weighted by Crippen LogP contribution is -2.18. The van der Waals surface area contributed by atoms with Crippen molar-refractivity contribution in [3.05, 3.63) is 52.3 Å². The molecular formula is C24H31N3O3. The van der Waals surface area contributed by atoms with Gasteiger partial charge in [-0.1, -0.05) is 52.0 Å². The highest BCUT2D eigenvalue weighted by molar-refractivity contribution is 5.94. The number of aryl methyl sites for hydroxylation is 2. The van der Waals surface area contributed by atoms with Crippen molar-refractivity contribution in [2.45, 2.75) is 66.6 Å². The van der Waals surface area contributed by atoms with Gasteiger partial charge < -0.3 is 9.47 Å². The van der Waals surface area contributed by atoms with Crippen LogP contribution in [0.3, 0.4) is 0 Å². The second kappa shape index (κ2) is 9.17. The highest BCUT2D eigenvalue weighted by atomic mass is 16.7. The fourth-order valence-corrected chi connectivity index (χ4v) is 3.16. The lowest BCUT2D eigenvalue weighted by Gasteiger charge is -2.21. The number of rotatable bonds is 6. The minimum atomic E-state index is -0.848. The summed E-state index contributed by atoms with van der Waals surface area (Å²) in [6.07, 6.45) is -0.602. The van der Waals surface area contributed by atoms with E-state index in [1.54, 1.807) is 25.6 Å². The van der Waals surface area contributed by atoms with E-state index in [1.807, 2.05) is 38.1 Å². The monoisotopic (exact) mass is 409 g/mol. The number of benzene rings is 1. The molecule has 0 spiro atoms. The predicted octanol–water partition coefficient (Wildman–Crippen LogP) is 5.04. The normalized spacial score (nSPS) is 13.3. The average molecular weight is 410 g/mol. The molecule has 1 aromatic carbocycles. The molecule has 0 fully saturated rings. The zero-order chi connectivity index (χ0) is 22.6. The van der Waals surface area contributed by atoms with Gasteiger partial charge in [0.05, 0.1) is 5.69 Å². The third-order valence-electron chi connectivity index (χ3n) is 4.98. The van der Waals surface area contributed by atoms with Crippen LogP contribution in [0.15, 0.2) is 24.3 Å². The SMILES string of the molecule is CCC(=O)OC(C)O/C(=C(/C#N)c1ccc(C(C)(C)C)cc1)c1c(C)c(C)nn1C. The van der Waals surface area contributed by atoms with E-state index in [4.69, 9.17) is 9.47 Å². The summed E-state index contributed by atoms with van der Waals surface area (Å²) in [4.78, 5) is 11.7. The van der Waals surface area contributed by atoms with Crippen LogP contribution in [0.4, 0.5) is 0 Å². The Morgan fingerprint density at radius 3 is 2.23 bits per heavy atom.